The van der Waals surface area contributed by atoms with Crippen molar-refractivity contribution in [3.8, 4) is 0 Å². The molecule has 0 unspecified atom stereocenters. The Labute approximate surface area is 89.8 Å². The predicted octanol–water partition coefficient (Wildman–Crippen LogP) is 1.21. The maximum Gasteiger partial charge on any atom is 2.00 e. The second-order valence-electron chi connectivity index (χ2n) is 2.33. The monoisotopic (exact) mass is 213 g/mol. The zero-order valence-corrected chi connectivity index (χ0v) is 8.77. The summed E-state index contributed by atoms with van der Waals surface area (Å²) in [6, 6.07) is 6.38. The first-order valence-electron chi connectivity index (χ1n) is 3.73. The Morgan fingerprint density at radius 2 is 2.46 bits per heavy atom. The van der Waals surface area contributed by atoms with Crippen LogP contribution in [-0.2, 0) is 29.8 Å². The Kier molecular flexibility index (Phi) is 5.27. The number of nitrogens with zero attached hydrogens (tertiary/aromatic N) is 1. The topological polar surface area (TPSA) is 42.0 Å². The van der Waals surface area contributed by atoms with E-state index in [0.29, 0.717) is 5.82 Å². The number of amides is 1. The summed E-state index contributed by atoms with van der Waals surface area (Å²) >= 11 is 0. The summed E-state index contributed by atoms with van der Waals surface area (Å²) in [5.74, 6) is 0.0707. The summed E-state index contributed by atoms with van der Waals surface area (Å²) in [6.45, 7) is 5.18. The quantitative estimate of drug-likeness (QED) is 0.750. The van der Waals surface area contributed by atoms with Crippen LogP contribution in [0.3, 0.4) is 0 Å². The molecule has 3 nitrogen and oxygen atoms in total. The Morgan fingerprint density at radius 3 is 3.00 bits per heavy atom. The molecule has 0 saturated heterocycles. The zero-order valence-electron chi connectivity index (χ0n) is 7.37. The predicted molar refractivity (Wildman–Crippen MR) is 46.4 cm³/mol. The number of carbonyl (C=O) groups excluding carboxylic acids is 1. The van der Waals surface area contributed by atoms with Crippen LogP contribution in [0.2, 0.25) is 0 Å². The smallest absolute Gasteiger partial charge is 0.352 e. The molecule has 0 spiro atoms. The summed E-state index contributed by atoms with van der Waals surface area (Å²) < 4.78 is 0. The van der Waals surface area contributed by atoms with Crippen molar-refractivity contribution in [1.29, 1.82) is 0 Å². The van der Waals surface area contributed by atoms with Gasteiger partial charge in [0, 0.05) is 5.82 Å². The fourth-order valence-electron chi connectivity index (χ4n) is 0.823. The van der Waals surface area contributed by atoms with Gasteiger partial charge in [-0.3, -0.25) is 4.98 Å². The van der Waals surface area contributed by atoms with Crippen molar-refractivity contribution in [2.45, 2.75) is 13.3 Å². The van der Waals surface area contributed by atoms with Crippen LogP contribution in [0.1, 0.15) is 12.6 Å². The molecule has 1 radical (unpaired) electrons. The van der Waals surface area contributed by atoms with Gasteiger partial charge in [-0.1, -0.05) is 6.92 Å². The SMILES string of the molecule is [CH2-]C(=O)Nc1[c-]ccc(CC)n1.[V+2]. The standard InChI is InChI=1S/C9H10N2O.V/c1-3-8-5-4-6-9(11-8)10-7(2)12;/h4-5H,2-3H2,1H3,(H,10,11,12);/q-2;+2. The minimum absolute atomic E-state index is 0. The molecule has 0 aromatic carbocycles. The van der Waals surface area contributed by atoms with E-state index < -0.39 is 0 Å². The first kappa shape index (κ1) is 12.1. The largest absolute Gasteiger partial charge is 2.00 e. The van der Waals surface area contributed by atoms with Crippen molar-refractivity contribution >= 4 is 11.7 Å². The van der Waals surface area contributed by atoms with E-state index >= 15 is 0 Å². The molecule has 67 valence electrons. The molecule has 0 fully saturated rings. The molecule has 1 amide bonds. The molecule has 0 aliphatic heterocycles. The fraction of sp³-hybridized carbons (Fsp3) is 0.222. The fourth-order valence-corrected chi connectivity index (χ4v) is 0.823. The van der Waals surface area contributed by atoms with Gasteiger partial charge in [0.25, 0.3) is 0 Å². The van der Waals surface area contributed by atoms with E-state index in [1.807, 2.05) is 13.0 Å². The second-order valence-corrected chi connectivity index (χ2v) is 2.33. The van der Waals surface area contributed by atoms with Gasteiger partial charge in [-0.2, -0.15) is 6.07 Å². The molecule has 0 aliphatic carbocycles. The number of carbonyl (C=O) groups is 1. The van der Waals surface area contributed by atoms with Crippen LogP contribution in [0.25, 0.3) is 0 Å². The summed E-state index contributed by atoms with van der Waals surface area (Å²) in [4.78, 5) is 14.6. The second kappa shape index (κ2) is 5.67. The van der Waals surface area contributed by atoms with Crippen molar-refractivity contribution in [3.05, 3.63) is 30.8 Å². The number of nitrogens with one attached hydrogen (secondary N) is 1. The van der Waals surface area contributed by atoms with E-state index in [-0.39, 0.29) is 24.5 Å². The summed E-state index contributed by atoms with van der Waals surface area (Å²) in [5, 5.41) is 2.46. The number of aromatic nitrogens is 1. The van der Waals surface area contributed by atoms with Gasteiger partial charge in [-0.05, 0) is 12.1 Å². The maximum absolute atomic E-state index is 10.5. The van der Waals surface area contributed by atoms with Gasteiger partial charge in [-0.15, -0.1) is 0 Å². The molecule has 13 heavy (non-hydrogen) atoms. The molecule has 0 aliphatic rings. The summed E-state index contributed by atoms with van der Waals surface area (Å²) in [5.41, 5.74) is 0.928. The van der Waals surface area contributed by atoms with Crippen molar-refractivity contribution in [2.75, 3.05) is 5.32 Å². The number of hydrogen-bond donors (Lipinski definition) is 1. The molecule has 4 heteroatoms. The molecular formula is C9H10N2OV. The normalized spacial score (nSPS) is 8.69. The average Bonchev–Trinajstić information content (AvgIpc) is 2.03. The van der Waals surface area contributed by atoms with Gasteiger partial charge in [0.2, 0.25) is 0 Å². The van der Waals surface area contributed by atoms with Crippen LogP contribution >= 0.6 is 0 Å². The summed E-state index contributed by atoms with van der Waals surface area (Å²) in [7, 11) is 0. The number of rotatable bonds is 2. The van der Waals surface area contributed by atoms with E-state index in [2.05, 4.69) is 23.3 Å². The van der Waals surface area contributed by atoms with Crippen molar-refractivity contribution in [3.63, 3.8) is 0 Å². The molecule has 0 atom stereocenters. The minimum atomic E-state index is -0.369. The van der Waals surface area contributed by atoms with Crippen molar-refractivity contribution in [1.82, 2.24) is 4.98 Å². The first-order chi connectivity index (χ1) is 5.72. The molecule has 1 rings (SSSR count). The minimum Gasteiger partial charge on any atom is -0.352 e. The van der Waals surface area contributed by atoms with E-state index in [1.54, 1.807) is 6.07 Å². The zero-order chi connectivity index (χ0) is 8.97. The third-order valence-corrected chi connectivity index (χ3v) is 1.37. The van der Waals surface area contributed by atoms with Crippen molar-refractivity contribution in [2.24, 2.45) is 0 Å². The molecular weight excluding hydrogens is 203 g/mol. The molecule has 0 saturated carbocycles. The molecule has 1 aromatic rings. The maximum atomic E-state index is 10.5. The van der Waals surface area contributed by atoms with Crippen molar-refractivity contribution < 1.29 is 23.4 Å². The molecule has 0 bridgehead atoms. The van der Waals surface area contributed by atoms with Crippen LogP contribution in [0.5, 0.6) is 0 Å². The van der Waals surface area contributed by atoms with E-state index in [1.165, 1.54) is 0 Å². The van der Waals surface area contributed by atoms with E-state index in [0.717, 1.165) is 12.1 Å². The number of aryl methyl sites for hydroxylation is 1. The first-order valence-corrected chi connectivity index (χ1v) is 3.73. The van der Waals surface area contributed by atoms with Gasteiger partial charge in [0.05, 0.1) is 5.91 Å². The number of anilines is 1. The van der Waals surface area contributed by atoms with Crippen LogP contribution in [0.4, 0.5) is 5.82 Å². The third kappa shape index (κ3) is 4.01. The van der Waals surface area contributed by atoms with Gasteiger partial charge in [0.15, 0.2) is 0 Å². The number of pyridine rings is 1. The van der Waals surface area contributed by atoms with Crippen LogP contribution in [0.15, 0.2) is 12.1 Å². The average molecular weight is 213 g/mol. The van der Waals surface area contributed by atoms with Crippen LogP contribution < -0.4 is 5.32 Å². The Balaban J connectivity index is 0.00000144. The van der Waals surface area contributed by atoms with Gasteiger partial charge in [-0.25, -0.2) is 12.1 Å². The Bertz CT molecular complexity index is 289. The Hall–Kier alpha value is -0.926. The van der Waals surface area contributed by atoms with Gasteiger partial charge < -0.3 is 17.0 Å². The molecule has 1 heterocycles. The van der Waals surface area contributed by atoms with E-state index in [4.69, 9.17) is 0 Å². The van der Waals surface area contributed by atoms with Crippen LogP contribution in [-0.4, -0.2) is 10.9 Å². The van der Waals surface area contributed by atoms with Crippen LogP contribution in [0, 0.1) is 13.0 Å². The molecule has 1 N–H and O–H groups in total. The Morgan fingerprint density at radius 1 is 1.77 bits per heavy atom. The molecule has 1 aromatic heterocycles. The van der Waals surface area contributed by atoms with E-state index in [9.17, 15) is 4.79 Å². The number of hydrogen-bond acceptors (Lipinski definition) is 2. The third-order valence-electron chi connectivity index (χ3n) is 1.37. The summed E-state index contributed by atoms with van der Waals surface area (Å²) in [6.07, 6.45) is 0.842. The van der Waals surface area contributed by atoms with Gasteiger partial charge in [0.1, 0.15) is 0 Å². The van der Waals surface area contributed by atoms with Gasteiger partial charge >= 0.3 is 18.6 Å².